The molecule has 1 aromatic heterocycles. The minimum absolute atomic E-state index is 0.464. The van der Waals surface area contributed by atoms with Gasteiger partial charge in [0.1, 0.15) is 0 Å². The van der Waals surface area contributed by atoms with E-state index in [0.29, 0.717) is 0 Å². The summed E-state index contributed by atoms with van der Waals surface area (Å²) in [5, 5.41) is 11.8. The Morgan fingerprint density at radius 1 is 1.82 bits per heavy atom. The van der Waals surface area contributed by atoms with Crippen LogP contribution in [0.5, 0.6) is 0 Å². The van der Waals surface area contributed by atoms with Crippen LogP contribution < -0.4 is 5.11 Å². The molecule has 0 N–H and O–H groups in total. The third kappa shape index (κ3) is 2.55. The van der Waals surface area contributed by atoms with E-state index in [4.69, 9.17) is 0 Å². The lowest BCUT2D eigenvalue weighted by molar-refractivity contribution is -0.304. The van der Waals surface area contributed by atoms with Crippen LogP contribution in [0.1, 0.15) is 6.92 Å². The molecule has 0 unspecified atom stereocenters. The van der Waals surface area contributed by atoms with Crippen LogP contribution in [0, 0.1) is 0 Å². The summed E-state index contributed by atoms with van der Waals surface area (Å²) in [5.74, 6) is -1.01. The SMILES string of the molecule is C[C@H](Sc1cccs1)C(=O)[O-]. The average Bonchev–Trinajstić information content (AvgIpc) is 2.39. The molecule has 11 heavy (non-hydrogen) atoms. The van der Waals surface area contributed by atoms with Gasteiger partial charge in [-0.1, -0.05) is 6.07 Å². The van der Waals surface area contributed by atoms with Crippen LogP contribution in [-0.2, 0) is 4.79 Å². The third-order valence-corrected chi connectivity index (χ3v) is 3.27. The van der Waals surface area contributed by atoms with E-state index in [1.165, 1.54) is 11.8 Å². The molecule has 0 bridgehead atoms. The maximum absolute atomic E-state index is 10.3. The van der Waals surface area contributed by atoms with Crippen molar-refractivity contribution in [1.29, 1.82) is 0 Å². The number of carbonyl (C=O) groups is 1. The van der Waals surface area contributed by atoms with Gasteiger partial charge in [0, 0.05) is 5.25 Å². The molecule has 1 atom stereocenters. The number of thioether (sulfide) groups is 1. The minimum Gasteiger partial charge on any atom is -0.549 e. The van der Waals surface area contributed by atoms with Crippen molar-refractivity contribution in [2.24, 2.45) is 0 Å². The first-order valence-corrected chi connectivity index (χ1v) is 4.87. The Kier molecular flexibility index (Phi) is 2.96. The first-order valence-electron chi connectivity index (χ1n) is 3.11. The molecule has 0 aromatic carbocycles. The molecular weight excluding hydrogens is 180 g/mol. The van der Waals surface area contributed by atoms with Gasteiger partial charge in [-0.25, -0.2) is 0 Å². The number of thiophene rings is 1. The predicted octanol–water partition coefficient (Wildman–Crippen LogP) is 0.979. The monoisotopic (exact) mass is 187 g/mol. The molecule has 4 heteroatoms. The zero-order valence-electron chi connectivity index (χ0n) is 5.94. The predicted molar refractivity (Wildman–Crippen MR) is 44.6 cm³/mol. The summed E-state index contributed by atoms with van der Waals surface area (Å²) in [6, 6.07) is 3.80. The van der Waals surface area contributed by atoms with E-state index in [9.17, 15) is 9.90 Å². The van der Waals surface area contributed by atoms with Gasteiger partial charge in [0.05, 0.1) is 10.2 Å². The van der Waals surface area contributed by atoms with Gasteiger partial charge in [-0.15, -0.1) is 23.1 Å². The largest absolute Gasteiger partial charge is 0.549 e. The van der Waals surface area contributed by atoms with E-state index in [1.807, 2.05) is 17.5 Å². The van der Waals surface area contributed by atoms with Crippen molar-refractivity contribution in [1.82, 2.24) is 0 Å². The minimum atomic E-state index is -1.01. The van der Waals surface area contributed by atoms with Crippen LogP contribution in [0.25, 0.3) is 0 Å². The second-order valence-electron chi connectivity index (χ2n) is 2.01. The number of rotatable bonds is 3. The molecule has 0 aliphatic carbocycles. The summed E-state index contributed by atoms with van der Waals surface area (Å²) in [7, 11) is 0. The first kappa shape index (κ1) is 8.62. The lowest BCUT2D eigenvalue weighted by Gasteiger charge is -2.09. The van der Waals surface area contributed by atoms with Gasteiger partial charge in [0.25, 0.3) is 0 Å². The molecule has 0 aliphatic heterocycles. The number of carbonyl (C=O) groups excluding carboxylic acids is 1. The van der Waals surface area contributed by atoms with Crippen molar-refractivity contribution in [3.05, 3.63) is 17.5 Å². The summed E-state index contributed by atoms with van der Waals surface area (Å²) in [6.07, 6.45) is 0. The molecule has 1 aromatic rings. The van der Waals surface area contributed by atoms with Gasteiger partial charge in [0.2, 0.25) is 0 Å². The summed E-state index contributed by atoms with van der Waals surface area (Å²) < 4.78 is 1.02. The van der Waals surface area contributed by atoms with Crippen LogP contribution in [0.3, 0.4) is 0 Å². The Labute approximate surface area is 73.2 Å². The Morgan fingerprint density at radius 2 is 2.55 bits per heavy atom. The maximum atomic E-state index is 10.3. The van der Waals surface area contributed by atoms with Crippen molar-refractivity contribution < 1.29 is 9.90 Å². The second kappa shape index (κ2) is 3.78. The summed E-state index contributed by atoms with van der Waals surface area (Å²) >= 11 is 2.86. The number of carboxylic acid groups (broad SMARTS) is 1. The molecule has 0 fully saturated rings. The maximum Gasteiger partial charge on any atom is 0.0604 e. The molecule has 0 spiro atoms. The summed E-state index contributed by atoms with van der Waals surface area (Å²) in [6.45, 7) is 1.62. The van der Waals surface area contributed by atoms with Gasteiger partial charge in [0.15, 0.2) is 0 Å². The zero-order chi connectivity index (χ0) is 8.27. The van der Waals surface area contributed by atoms with E-state index < -0.39 is 11.2 Å². The standard InChI is InChI=1S/C7H8O2S2/c1-5(7(8)9)11-6-3-2-4-10-6/h2-5H,1H3,(H,8,9)/p-1/t5-/m0/s1. The first-order chi connectivity index (χ1) is 5.20. The molecular formula is C7H7O2S2-. The Hall–Kier alpha value is -0.480. The fourth-order valence-corrected chi connectivity index (χ4v) is 2.43. The molecule has 60 valence electrons. The Bertz CT molecular complexity index is 231. The van der Waals surface area contributed by atoms with Crippen molar-refractivity contribution >= 4 is 29.1 Å². The van der Waals surface area contributed by atoms with Gasteiger partial charge < -0.3 is 9.90 Å². The summed E-state index contributed by atoms with van der Waals surface area (Å²) in [5.41, 5.74) is 0. The zero-order valence-corrected chi connectivity index (χ0v) is 7.58. The fraction of sp³-hybridized carbons (Fsp3) is 0.286. The normalized spacial score (nSPS) is 12.8. The highest BCUT2D eigenvalue weighted by Crippen LogP contribution is 2.26. The molecule has 0 radical (unpaired) electrons. The lowest BCUT2D eigenvalue weighted by Crippen LogP contribution is -2.31. The number of hydrogen-bond acceptors (Lipinski definition) is 4. The van der Waals surface area contributed by atoms with Crippen molar-refractivity contribution in [3.63, 3.8) is 0 Å². The van der Waals surface area contributed by atoms with Crippen LogP contribution in [-0.4, -0.2) is 11.2 Å². The third-order valence-electron chi connectivity index (χ3n) is 1.12. The topological polar surface area (TPSA) is 40.1 Å². The average molecular weight is 187 g/mol. The molecule has 2 nitrogen and oxygen atoms in total. The van der Waals surface area contributed by atoms with E-state index in [-0.39, 0.29) is 0 Å². The highest BCUT2D eigenvalue weighted by molar-refractivity contribution is 8.02. The van der Waals surface area contributed by atoms with E-state index in [1.54, 1.807) is 18.3 Å². The number of aliphatic carboxylic acids is 1. The Morgan fingerprint density at radius 3 is 3.00 bits per heavy atom. The van der Waals surface area contributed by atoms with Crippen LogP contribution >= 0.6 is 23.1 Å². The number of carboxylic acids is 1. The highest BCUT2D eigenvalue weighted by Gasteiger charge is 2.04. The molecule has 0 saturated heterocycles. The molecule has 1 rings (SSSR count). The fourth-order valence-electron chi connectivity index (χ4n) is 0.553. The molecule has 0 amide bonds. The second-order valence-corrected chi connectivity index (χ2v) is 4.60. The molecule has 0 aliphatic rings. The van der Waals surface area contributed by atoms with E-state index in [0.717, 1.165) is 4.21 Å². The van der Waals surface area contributed by atoms with Gasteiger partial charge in [-0.2, -0.15) is 0 Å². The highest BCUT2D eigenvalue weighted by atomic mass is 32.2. The van der Waals surface area contributed by atoms with Gasteiger partial charge in [-0.3, -0.25) is 0 Å². The van der Waals surface area contributed by atoms with Crippen LogP contribution in [0.15, 0.2) is 21.7 Å². The van der Waals surface area contributed by atoms with Gasteiger partial charge in [-0.05, 0) is 18.4 Å². The van der Waals surface area contributed by atoms with Gasteiger partial charge >= 0.3 is 0 Å². The smallest absolute Gasteiger partial charge is 0.0604 e. The summed E-state index contributed by atoms with van der Waals surface area (Å²) in [4.78, 5) is 10.3. The van der Waals surface area contributed by atoms with E-state index in [2.05, 4.69) is 0 Å². The van der Waals surface area contributed by atoms with Crippen molar-refractivity contribution in [2.45, 2.75) is 16.4 Å². The van der Waals surface area contributed by atoms with Crippen LogP contribution in [0.2, 0.25) is 0 Å². The van der Waals surface area contributed by atoms with E-state index >= 15 is 0 Å². The van der Waals surface area contributed by atoms with Crippen LogP contribution in [0.4, 0.5) is 0 Å². The Balaban J connectivity index is 2.50. The molecule has 0 saturated carbocycles. The molecule has 1 heterocycles. The van der Waals surface area contributed by atoms with Crippen molar-refractivity contribution in [2.75, 3.05) is 0 Å². The lowest BCUT2D eigenvalue weighted by atomic mass is 10.5. The van der Waals surface area contributed by atoms with Crippen molar-refractivity contribution in [3.8, 4) is 0 Å². The quantitative estimate of drug-likeness (QED) is 0.662. The number of hydrogen-bond donors (Lipinski definition) is 0.